The Bertz CT molecular complexity index is 1010. The zero-order valence-corrected chi connectivity index (χ0v) is 17.2. The number of carbonyl (C=O) groups is 3. The summed E-state index contributed by atoms with van der Waals surface area (Å²) in [6.07, 6.45) is 0. The van der Waals surface area contributed by atoms with Gasteiger partial charge in [0, 0.05) is 34.5 Å². The van der Waals surface area contributed by atoms with Gasteiger partial charge in [-0.2, -0.15) is 0 Å². The lowest BCUT2D eigenvalue weighted by Crippen LogP contribution is -2.42. The van der Waals surface area contributed by atoms with Gasteiger partial charge in [-0.3, -0.25) is 14.5 Å². The van der Waals surface area contributed by atoms with Gasteiger partial charge in [0.25, 0.3) is 5.91 Å². The average molecular weight is 436 g/mol. The molecule has 10 heteroatoms. The highest BCUT2D eigenvalue weighted by atomic mass is 35.5. The number of imide groups is 1. The Hall–Kier alpha value is -3.33. The molecule has 2 aromatic rings. The molecule has 2 aromatic carbocycles. The molecule has 0 spiro atoms. The zero-order valence-electron chi connectivity index (χ0n) is 16.4. The maximum atomic E-state index is 13.4. The molecular formula is C20H19ClFN3O5. The number of hydrogen-bond donors (Lipinski definition) is 2. The standard InChI is InChI=1S/C20H19ClFN3O5/c1-20(15-5-4-11(22)6-16(15)21)18(27)25(19(28)24-20)10-17(26)23-12-7-13(29-2)9-14(8-12)30-3/h4-9H,10H2,1-3H3,(H,23,26)(H,24,28). The molecule has 30 heavy (non-hydrogen) atoms. The molecule has 0 aromatic heterocycles. The topological polar surface area (TPSA) is 97.0 Å². The minimum atomic E-state index is -1.53. The van der Waals surface area contributed by atoms with Crippen molar-refractivity contribution in [1.29, 1.82) is 0 Å². The molecule has 1 atom stereocenters. The molecule has 2 N–H and O–H groups in total. The molecule has 1 aliphatic heterocycles. The molecule has 4 amide bonds. The first-order chi connectivity index (χ1) is 14.2. The van der Waals surface area contributed by atoms with E-state index in [1.54, 1.807) is 18.2 Å². The summed E-state index contributed by atoms with van der Waals surface area (Å²) >= 11 is 6.07. The van der Waals surface area contributed by atoms with Crippen LogP contribution in [0.2, 0.25) is 5.02 Å². The van der Waals surface area contributed by atoms with E-state index >= 15 is 0 Å². The third-order valence-corrected chi connectivity index (χ3v) is 4.99. The van der Waals surface area contributed by atoms with Gasteiger partial charge in [0.2, 0.25) is 5.91 Å². The molecule has 3 rings (SSSR count). The lowest BCUT2D eigenvalue weighted by Gasteiger charge is -2.23. The number of amides is 4. The minimum Gasteiger partial charge on any atom is -0.497 e. The molecule has 8 nitrogen and oxygen atoms in total. The van der Waals surface area contributed by atoms with Gasteiger partial charge in [0.05, 0.1) is 14.2 Å². The van der Waals surface area contributed by atoms with Crippen LogP contribution in [-0.2, 0) is 15.1 Å². The lowest BCUT2D eigenvalue weighted by molar-refractivity contribution is -0.133. The number of anilines is 1. The van der Waals surface area contributed by atoms with Crippen LogP contribution in [0.5, 0.6) is 11.5 Å². The van der Waals surface area contributed by atoms with Gasteiger partial charge < -0.3 is 20.1 Å². The predicted molar refractivity (Wildman–Crippen MR) is 107 cm³/mol. The summed E-state index contributed by atoms with van der Waals surface area (Å²) < 4.78 is 23.6. The van der Waals surface area contributed by atoms with Crippen LogP contribution in [0.4, 0.5) is 14.9 Å². The minimum absolute atomic E-state index is 0.0130. The zero-order chi connectivity index (χ0) is 22.1. The SMILES string of the molecule is COc1cc(NC(=O)CN2C(=O)NC(C)(c3ccc(F)cc3Cl)C2=O)cc(OC)c1. The van der Waals surface area contributed by atoms with Gasteiger partial charge in [-0.1, -0.05) is 17.7 Å². The number of hydrogen-bond acceptors (Lipinski definition) is 5. The van der Waals surface area contributed by atoms with E-state index in [1.807, 2.05) is 0 Å². The summed E-state index contributed by atoms with van der Waals surface area (Å²) in [4.78, 5) is 38.6. The molecule has 1 unspecified atom stereocenters. The first-order valence-corrected chi connectivity index (χ1v) is 9.18. The van der Waals surface area contributed by atoms with Crippen molar-refractivity contribution in [2.75, 3.05) is 26.1 Å². The van der Waals surface area contributed by atoms with E-state index in [0.717, 1.165) is 17.0 Å². The molecule has 1 aliphatic rings. The van der Waals surface area contributed by atoms with Crippen molar-refractivity contribution >= 4 is 35.1 Å². The van der Waals surface area contributed by atoms with Crippen LogP contribution in [0.1, 0.15) is 12.5 Å². The molecule has 0 bridgehead atoms. The monoisotopic (exact) mass is 435 g/mol. The fraction of sp³-hybridized carbons (Fsp3) is 0.250. The predicted octanol–water partition coefficient (Wildman–Crippen LogP) is 2.90. The van der Waals surface area contributed by atoms with Gasteiger partial charge in [0.1, 0.15) is 29.4 Å². The number of nitrogens with zero attached hydrogens (tertiary/aromatic N) is 1. The molecule has 1 fully saturated rings. The summed E-state index contributed by atoms with van der Waals surface area (Å²) in [5.41, 5.74) is -0.932. The van der Waals surface area contributed by atoms with Gasteiger partial charge in [-0.15, -0.1) is 0 Å². The van der Waals surface area contributed by atoms with Crippen molar-refractivity contribution in [3.63, 3.8) is 0 Å². The van der Waals surface area contributed by atoms with Gasteiger partial charge in [0.15, 0.2) is 0 Å². The number of ether oxygens (including phenoxy) is 2. The van der Waals surface area contributed by atoms with Gasteiger partial charge in [-0.25, -0.2) is 9.18 Å². The molecule has 1 heterocycles. The van der Waals surface area contributed by atoms with Gasteiger partial charge in [-0.05, 0) is 19.1 Å². The molecule has 1 saturated heterocycles. The lowest BCUT2D eigenvalue weighted by atomic mass is 9.92. The molecule has 0 saturated carbocycles. The number of halogens is 2. The molecular weight excluding hydrogens is 417 g/mol. The summed E-state index contributed by atoms with van der Waals surface area (Å²) in [6, 6.07) is 7.50. The van der Waals surface area contributed by atoms with Crippen molar-refractivity contribution in [2.45, 2.75) is 12.5 Å². The third-order valence-electron chi connectivity index (χ3n) is 4.68. The van der Waals surface area contributed by atoms with E-state index in [9.17, 15) is 18.8 Å². The summed E-state index contributed by atoms with van der Waals surface area (Å²) in [6.45, 7) is 0.912. The number of nitrogens with one attached hydrogen (secondary N) is 2. The number of carbonyl (C=O) groups excluding carboxylic acids is 3. The van der Waals surface area contributed by atoms with Crippen LogP contribution < -0.4 is 20.1 Å². The molecule has 0 radical (unpaired) electrons. The molecule has 0 aliphatic carbocycles. The fourth-order valence-corrected chi connectivity index (χ4v) is 3.50. The highest BCUT2D eigenvalue weighted by Crippen LogP contribution is 2.34. The van der Waals surface area contributed by atoms with E-state index < -0.39 is 35.7 Å². The maximum absolute atomic E-state index is 13.4. The smallest absolute Gasteiger partial charge is 0.325 e. The first-order valence-electron chi connectivity index (χ1n) is 8.80. The van der Waals surface area contributed by atoms with Crippen LogP contribution >= 0.6 is 11.6 Å². The molecule has 158 valence electrons. The summed E-state index contributed by atoms with van der Waals surface area (Å²) in [7, 11) is 2.93. The average Bonchev–Trinajstić information content (AvgIpc) is 2.91. The second kappa shape index (κ2) is 8.19. The Kier molecular flexibility index (Phi) is 5.84. The highest BCUT2D eigenvalue weighted by molar-refractivity contribution is 6.32. The normalized spacial score (nSPS) is 18.2. The number of urea groups is 1. The van der Waals surface area contributed by atoms with E-state index in [4.69, 9.17) is 21.1 Å². The van der Waals surface area contributed by atoms with E-state index in [0.29, 0.717) is 17.2 Å². The summed E-state index contributed by atoms with van der Waals surface area (Å²) in [5.74, 6) is -0.951. The van der Waals surface area contributed by atoms with Crippen molar-refractivity contribution in [1.82, 2.24) is 10.2 Å². The van der Waals surface area contributed by atoms with Crippen LogP contribution in [0.25, 0.3) is 0 Å². The summed E-state index contributed by atoms with van der Waals surface area (Å²) in [5, 5.41) is 5.11. The van der Waals surface area contributed by atoms with E-state index in [1.165, 1.54) is 27.2 Å². The van der Waals surface area contributed by atoms with E-state index in [-0.39, 0.29) is 10.6 Å². The Morgan fingerprint density at radius 2 is 1.80 bits per heavy atom. The van der Waals surface area contributed by atoms with Crippen molar-refractivity contribution in [2.24, 2.45) is 0 Å². The van der Waals surface area contributed by atoms with Crippen molar-refractivity contribution in [3.8, 4) is 11.5 Å². The van der Waals surface area contributed by atoms with Crippen molar-refractivity contribution in [3.05, 3.63) is 52.8 Å². The highest BCUT2D eigenvalue weighted by Gasteiger charge is 2.50. The van der Waals surface area contributed by atoms with Gasteiger partial charge >= 0.3 is 6.03 Å². The Morgan fingerprint density at radius 3 is 2.37 bits per heavy atom. The van der Waals surface area contributed by atoms with Crippen LogP contribution in [-0.4, -0.2) is 43.5 Å². The van der Waals surface area contributed by atoms with Crippen LogP contribution in [0, 0.1) is 5.82 Å². The number of rotatable bonds is 6. The van der Waals surface area contributed by atoms with Crippen LogP contribution in [0.3, 0.4) is 0 Å². The fourth-order valence-electron chi connectivity index (χ4n) is 3.14. The Balaban J connectivity index is 1.78. The second-order valence-electron chi connectivity index (χ2n) is 6.72. The van der Waals surface area contributed by atoms with Crippen LogP contribution in [0.15, 0.2) is 36.4 Å². The van der Waals surface area contributed by atoms with E-state index in [2.05, 4.69) is 10.6 Å². The third kappa shape index (κ3) is 4.02. The Morgan fingerprint density at radius 1 is 1.17 bits per heavy atom. The largest absolute Gasteiger partial charge is 0.497 e. The van der Waals surface area contributed by atoms with Crippen molar-refractivity contribution < 1.29 is 28.2 Å². The second-order valence-corrected chi connectivity index (χ2v) is 7.13. The number of methoxy groups -OCH3 is 2. The first kappa shape index (κ1) is 21.4. The quantitative estimate of drug-likeness (QED) is 0.680. The number of benzene rings is 2. The Labute approximate surface area is 176 Å². The maximum Gasteiger partial charge on any atom is 0.325 e.